The lowest BCUT2D eigenvalue weighted by Crippen LogP contribution is -2.42. The topological polar surface area (TPSA) is 66.8 Å². The third-order valence-corrected chi connectivity index (χ3v) is 6.50. The van der Waals surface area contributed by atoms with Crippen molar-refractivity contribution in [3.63, 3.8) is 0 Å². The lowest BCUT2D eigenvalue weighted by molar-refractivity contribution is -0.172. The molecule has 2 aromatic carbocycles. The fourth-order valence-electron chi connectivity index (χ4n) is 4.97. The van der Waals surface area contributed by atoms with Gasteiger partial charge in [0.2, 0.25) is 0 Å². The highest BCUT2D eigenvalue weighted by atomic mass is 35.5. The Balaban J connectivity index is 0.00000408. The Kier molecular flexibility index (Phi) is 10.1. The number of carboxylic acid groups (broad SMARTS) is 1. The number of esters is 1. The molecule has 0 aliphatic heterocycles. The van der Waals surface area contributed by atoms with Gasteiger partial charge < -0.3 is 9.84 Å². The van der Waals surface area contributed by atoms with Crippen LogP contribution in [0.25, 0.3) is 0 Å². The maximum Gasteiger partial charge on any atom is 0.310 e. The van der Waals surface area contributed by atoms with Crippen LogP contribution in [0.5, 0.6) is 0 Å². The third kappa shape index (κ3) is 7.57. The average Bonchev–Trinajstić information content (AvgIpc) is 3.19. The summed E-state index contributed by atoms with van der Waals surface area (Å²) in [6.45, 7) is 7.84. The summed E-state index contributed by atoms with van der Waals surface area (Å²) in [5.74, 6) is -1.81. The van der Waals surface area contributed by atoms with Crippen LogP contribution in [0.4, 0.5) is 0 Å². The van der Waals surface area contributed by atoms with E-state index in [1.54, 1.807) is 0 Å². The molecule has 0 amide bonds. The van der Waals surface area contributed by atoms with Crippen molar-refractivity contribution < 1.29 is 19.4 Å². The molecule has 1 fully saturated rings. The number of hydrogen-bond donors (Lipinski definition) is 1. The minimum Gasteiger partial charge on any atom is -0.481 e. The Hall–Kier alpha value is -2.37. The van der Waals surface area contributed by atoms with Crippen LogP contribution in [0.1, 0.15) is 64.0 Å². The minimum atomic E-state index is -1.03. The molecule has 3 rings (SSSR count). The summed E-state index contributed by atoms with van der Waals surface area (Å²) < 4.78 is 5.60. The van der Waals surface area contributed by atoms with E-state index in [1.165, 1.54) is 11.1 Å². The normalized spacial score (nSPS) is 20.1. The standard InChI is InChI=1S/C28H37NO4.ClH/c1-27(2,3)33-25(30)24-16-10-17-28(24,26(31)32)18-11-19-29(20-22-12-6-4-7-13-22)21-23-14-8-5-9-15-23;/h4-9,12-15,24H,10-11,16-21H2,1-3H3,(H,31,32);1H. The van der Waals surface area contributed by atoms with Crippen LogP contribution in [-0.4, -0.2) is 34.1 Å². The van der Waals surface area contributed by atoms with Crippen LogP contribution in [-0.2, 0) is 27.4 Å². The molecule has 0 saturated heterocycles. The molecule has 1 aliphatic rings. The van der Waals surface area contributed by atoms with Crippen LogP contribution in [0.15, 0.2) is 60.7 Å². The van der Waals surface area contributed by atoms with Crippen molar-refractivity contribution in [2.75, 3.05) is 6.54 Å². The first kappa shape index (κ1) is 27.9. The van der Waals surface area contributed by atoms with E-state index in [1.807, 2.05) is 57.2 Å². The lowest BCUT2D eigenvalue weighted by atomic mass is 9.74. The molecule has 0 heterocycles. The van der Waals surface area contributed by atoms with E-state index < -0.39 is 22.9 Å². The van der Waals surface area contributed by atoms with Gasteiger partial charge >= 0.3 is 11.9 Å². The molecule has 186 valence electrons. The number of carboxylic acids is 1. The van der Waals surface area contributed by atoms with Gasteiger partial charge in [-0.25, -0.2) is 0 Å². The second-order valence-corrected chi connectivity index (χ2v) is 10.2. The molecule has 5 nitrogen and oxygen atoms in total. The van der Waals surface area contributed by atoms with Crippen molar-refractivity contribution in [3.05, 3.63) is 71.8 Å². The molecule has 2 atom stereocenters. The molecule has 34 heavy (non-hydrogen) atoms. The molecule has 1 aliphatic carbocycles. The summed E-state index contributed by atoms with van der Waals surface area (Å²) >= 11 is 0. The smallest absolute Gasteiger partial charge is 0.310 e. The predicted octanol–water partition coefficient (Wildman–Crippen LogP) is 6.10. The third-order valence-electron chi connectivity index (χ3n) is 6.50. The number of hydrogen-bond acceptors (Lipinski definition) is 4. The van der Waals surface area contributed by atoms with Crippen molar-refractivity contribution >= 4 is 24.3 Å². The number of rotatable bonds is 10. The van der Waals surface area contributed by atoms with Gasteiger partial charge in [-0.1, -0.05) is 67.1 Å². The largest absolute Gasteiger partial charge is 0.481 e. The predicted molar refractivity (Wildman–Crippen MR) is 137 cm³/mol. The molecule has 0 aromatic heterocycles. The summed E-state index contributed by atoms with van der Waals surface area (Å²) in [5, 5.41) is 10.2. The highest BCUT2D eigenvalue weighted by Crippen LogP contribution is 2.48. The Morgan fingerprint density at radius 3 is 2.00 bits per heavy atom. The summed E-state index contributed by atoms with van der Waals surface area (Å²) in [7, 11) is 0. The molecule has 1 saturated carbocycles. The highest BCUT2D eigenvalue weighted by Gasteiger charge is 2.53. The maximum atomic E-state index is 12.9. The molecule has 6 heteroatoms. The van der Waals surface area contributed by atoms with E-state index >= 15 is 0 Å². The molecule has 0 spiro atoms. The number of benzene rings is 2. The quantitative estimate of drug-likeness (QED) is 0.410. The van der Waals surface area contributed by atoms with Gasteiger partial charge in [-0.15, -0.1) is 12.4 Å². The Morgan fingerprint density at radius 2 is 1.53 bits per heavy atom. The van der Waals surface area contributed by atoms with Gasteiger partial charge in [0.25, 0.3) is 0 Å². The second-order valence-electron chi connectivity index (χ2n) is 10.2. The molecule has 1 N–H and O–H groups in total. The number of halogens is 1. The van der Waals surface area contributed by atoms with Gasteiger partial charge in [0.1, 0.15) is 5.60 Å². The van der Waals surface area contributed by atoms with E-state index in [-0.39, 0.29) is 18.4 Å². The minimum absolute atomic E-state index is 0. The first-order valence-electron chi connectivity index (χ1n) is 12.0. The zero-order valence-electron chi connectivity index (χ0n) is 20.5. The van der Waals surface area contributed by atoms with Crippen molar-refractivity contribution in [3.8, 4) is 0 Å². The van der Waals surface area contributed by atoms with Crippen molar-refractivity contribution in [2.24, 2.45) is 11.3 Å². The second kappa shape index (κ2) is 12.4. The number of aliphatic carboxylic acids is 1. The van der Waals surface area contributed by atoms with E-state index in [0.717, 1.165) is 26.1 Å². The molecular weight excluding hydrogens is 450 g/mol. The Labute approximate surface area is 209 Å². The summed E-state index contributed by atoms with van der Waals surface area (Å²) in [4.78, 5) is 27.7. The van der Waals surface area contributed by atoms with E-state index in [2.05, 4.69) is 29.2 Å². The number of carbonyl (C=O) groups excluding carboxylic acids is 1. The Bertz CT molecular complexity index is 872. The fourth-order valence-corrected chi connectivity index (χ4v) is 4.97. The zero-order chi connectivity index (χ0) is 23.9. The average molecular weight is 488 g/mol. The van der Waals surface area contributed by atoms with Crippen LogP contribution < -0.4 is 0 Å². The monoisotopic (exact) mass is 487 g/mol. The molecule has 2 unspecified atom stereocenters. The zero-order valence-corrected chi connectivity index (χ0v) is 21.4. The Morgan fingerprint density at radius 1 is 1.00 bits per heavy atom. The SMILES string of the molecule is CC(C)(C)OC(=O)C1CCCC1(CCCN(Cc1ccccc1)Cc1ccccc1)C(=O)O.Cl. The van der Waals surface area contributed by atoms with Crippen LogP contribution in [0.2, 0.25) is 0 Å². The van der Waals surface area contributed by atoms with Gasteiger partial charge in [-0.2, -0.15) is 0 Å². The van der Waals surface area contributed by atoms with E-state index in [9.17, 15) is 14.7 Å². The molecule has 0 bridgehead atoms. The highest BCUT2D eigenvalue weighted by molar-refractivity contribution is 5.85. The van der Waals surface area contributed by atoms with Crippen molar-refractivity contribution in [2.45, 2.75) is 71.6 Å². The fraction of sp³-hybridized carbons (Fsp3) is 0.500. The molecule has 0 radical (unpaired) electrons. The van der Waals surface area contributed by atoms with E-state index in [0.29, 0.717) is 25.7 Å². The first-order valence-corrected chi connectivity index (χ1v) is 12.0. The number of nitrogens with zero attached hydrogens (tertiary/aromatic N) is 1. The van der Waals surface area contributed by atoms with Gasteiger partial charge in [-0.3, -0.25) is 14.5 Å². The molecule has 2 aromatic rings. The molecular formula is C28H38ClNO4. The lowest BCUT2D eigenvalue weighted by Gasteiger charge is -2.33. The van der Waals surface area contributed by atoms with Gasteiger partial charge in [0.15, 0.2) is 0 Å². The van der Waals surface area contributed by atoms with Crippen molar-refractivity contribution in [1.82, 2.24) is 4.90 Å². The van der Waals surface area contributed by atoms with Gasteiger partial charge in [0.05, 0.1) is 11.3 Å². The first-order chi connectivity index (χ1) is 15.7. The van der Waals surface area contributed by atoms with Crippen LogP contribution >= 0.6 is 12.4 Å². The maximum absolute atomic E-state index is 12.9. The summed E-state index contributed by atoms with van der Waals surface area (Å²) in [5.41, 5.74) is 0.808. The van der Waals surface area contributed by atoms with Gasteiger partial charge in [-0.05, 0) is 64.1 Å². The number of carbonyl (C=O) groups is 2. The summed E-state index contributed by atoms with van der Waals surface area (Å²) in [6, 6.07) is 20.7. The van der Waals surface area contributed by atoms with Crippen molar-refractivity contribution in [1.29, 1.82) is 0 Å². The summed E-state index contributed by atoms with van der Waals surface area (Å²) in [6.07, 6.45) is 3.05. The van der Waals surface area contributed by atoms with Gasteiger partial charge in [0, 0.05) is 13.1 Å². The van der Waals surface area contributed by atoms with Crippen LogP contribution in [0, 0.1) is 11.3 Å². The number of ether oxygens (including phenoxy) is 1. The van der Waals surface area contributed by atoms with E-state index in [4.69, 9.17) is 4.74 Å². The van der Waals surface area contributed by atoms with Crippen LogP contribution in [0.3, 0.4) is 0 Å².